The van der Waals surface area contributed by atoms with Crippen LogP contribution in [0.5, 0.6) is 11.5 Å². The highest BCUT2D eigenvalue weighted by Gasteiger charge is 2.12. The number of ether oxygens (including phenoxy) is 2. The van der Waals surface area contributed by atoms with Crippen LogP contribution in [0.3, 0.4) is 0 Å². The van der Waals surface area contributed by atoms with Crippen LogP contribution in [-0.4, -0.2) is 14.2 Å². The maximum atomic E-state index is 5.88. The first kappa shape index (κ1) is 14.4. The number of nitrogens with two attached hydrogens (primary N) is 1. The van der Waals surface area contributed by atoms with Crippen LogP contribution in [0.1, 0.15) is 18.1 Å². The first-order valence-electron chi connectivity index (χ1n) is 6.77. The Hall–Kier alpha value is -2.00. The van der Waals surface area contributed by atoms with Gasteiger partial charge in [-0.3, -0.25) is 0 Å². The first-order valence-corrected chi connectivity index (χ1v) is 6.77. The van der Waals surface area contributed by atoms with E-state index < -0.39 is 0 Å². The summed E-state index contributed by atoms with van der Waals surface area (Å²) in [5, 5.41) is 0. The van der Waals surface area contributed by atoms with Crippen LogP contribution in [0.25, 0.3) is 11.1 Å². The molecule has 0 saturated heterocycles. The minimum absolute atomic E-state index is 0.464. The van der Waals surface area contributed by atoms with Gasteiger partial charge in [0.2, 0.25) is 0 Å². The summed E-state index contributed by atoms with van der Waals surface area (Å²) >= 11 is 0. The number of hydrogen-bond donors (Lipinski definition) is 1. The van der Waals surface area contributed by atoms with Crippen LogP contribution in [-0.2, 0) is 13.0 Å². The van der Waals surface area contributed by atoms with Crippen molar-refractivity contribution in [2.24, 2.45) is 5.73 Å². The van der Waals surface area contributed by atoms with E-state index in [-0.39, 0.29) is 0 Å². The molecule has 2 aromatic carbocycles. The Kier molecular flexibility index (Phi) is 4.64. The lowest BCUT2D eigenvalue weighted by molar-refractivity contribution is 0.354. The van der Waals surface area contributed by atoms with Crippen LogP contribution in [0.2, 0.25) is 0 Å². The van der Waals surface area contributed by atoms with E-state index in [2.05, 4.69) is 31.2 Å². The SMILES string of the molecule is CCc1cccc(-c2cc(OC)c(OC)cc2CN)c1. The highest BCUT2D eigenvalue weighted by molar-refractivity contribution is 5.71. The largest absolute Gasteiger partial charge is 0.493 e. The Morgan fingerprint density at radius 3 is 2.30 bits per heavy atom. The molecule has 0 amide bonds. The van der Waals surface area contributed by atoms with E-state index in [1.165, 1.54) is 5.56 Å². The smallest absolute Gasteiger partial charge is 0.161 e. The van der Waals surface area contributed by atoms with Gasteiger partial charge in [-0.15, -0.1) is 0 Å². The van der Waals surface area contributed by atoms with E-state index in [4.69, 9.17) is 15.2 Å². The molecular formula is C17H21NO2. The minimum Gasteiger partial charge on any atom is -0.493 e. The minimum atomic E-state index is 0.464. The topological polar surface area (TPSA) is 44.5 Å². The Labute approximate surface area is 120 Å². The van der Waals surface area contributed by atoms with E-state index in [0.717, 1.165) is 28.9 Å². The van der Waals surface area contributed by atoms with Crippen LogP contribution in [0.15, 0.2) is 36.4 Å². The molecule has 2 N–H and O–H groups in total. The molecule has 2 rings (SSSR count). The quantitative estimate of drug-likeness (QED) is 0.906. The van der Waals surface area contributed by atoms with Crippen LogP contribution in [0, 0.1) is 0 Å². The molecule has 0 aliphatic carbocycles. The number of hydrogen-bond acceptors (Lipinski definition) is 3. The lowest BCUT2D eigenvalue weighted by atomic mass is 9.97. The summed E-state index contributed by atoms with van der Waals surface area (Å²) in [5.74, 6) is 1.44. The molecule has 0 aliphatic rings. The molecule has 0 fully saturated rings. The van der Waals surface area contributed by atoms with Gasteiger partial charge < -0.3 is 15.2 Å². The fraction of sp³-hybridized carbons (Fsp3) is 0.294. The van der Waals surface area contributed by atoms with E-state index in [1.54, 1.807) is 14.2 Å². The van der Waals surface area contributed by atoms with Crippen molar-refractivity contribution in [3.63, 3.8) is 0 Å². The molecular weight excluding hydrogens is 250 g/mol. The second-order valence-electron chi connectivity index (χ2n) is 4.62. The van der Waals surface area contributed by atoms with Gasteiger partial charge in [0, 0.05) is 6.54 Å². The van der Waals surface area contributed by atoms with Gasteiger partial charge in [-0.05, 0) is 40.8 Å². The Morgan fingerprint density at radius 2 is 1.70 bits per heavy atom. The van der Waals surface area contributed by atoms with Gasteiger partial charge in [0.15, 0.2) is 11.5 Å². The molecule has 0 heterocycles. The van der Waals surface area contributed by atoms with Crippen molar-refractivity contribution in [1.82, 2.24) is 0 Å². The maximum absolute atomic E-state index is 5.88. The summed E-state index contributed by atoms with van der Waals surface area (Å²) in [6, 6.07) is 12.4. The van der Waals surface area contributed by atoms with Crippen LogP contribution in [0.4, 0.5) is 0 Å². The average molecular weight is 271 g/mol. The summed E-state index contributed by atoms with van der Waals surface area (Å²) in [4.78, 5) is 0. The summed E-state index contributed by atoms with van der Waals surface area (Å²) in [6.07, 6.45) is 1.01. The summed E-state index contributed by atoms with van der Waals surface area (Å²) in [6.45, 7) is 2.61. The summed E-state index contributed by atoms with van der Waals surface area (Å²) in [7, 11) is 3.28. The molecule has 3 heteroatoms. The predicted molar refractivity (Wildman–Crippen MR) is 82.3 cm³/mol. The van der Waals surface area contributed by atoms with Crippen LogP contribution >= 0.6 is 0 Å². The number of methoxy groups -OCH3 is 2. The zero-order chi connectivity index (χ0) is 14.5. The second-order valence-corrected chi connectivity index (χ2v) is 4.62. The molecule has 106 valence electrons. The van der Waals surface area contributed by atoms with Gasteiger partial charge in [-0.2, -0.15) is 0 Å². The highest BCUT2D eigenvalue weighted by Crippen LogP contribution is 2.35. The van der Waals surface area contributed by atoms with Crippen molar-refractivity contribution in [1.29, 1.82) is 0 Å². The first-order chi connectivity index (χ1) is 9.73. The fourth-order valence-electron chi connectivity index (χ4n) is 2.32. The Morgan fingerprint density at radius 1 is 1.00 bits per heavy atom. The van der Waals surface area contributed by atoms with Gasteiger partial charge >= 0.3 is 0 Å². The van der Waals surface area contributed by atoms with E-state index in [0.29, 0.717) is 12.3 Å². The highest BCUT2D eigenvalue weighted by atomic mass is 16.5. The van der Waals surface area contributed by atoms with Crippen molar-refractivity contribution < 1.29 is 9.47 Å². The number of rotatable bonds is 5. The molecule has 0 unspecified atom stereocenters. The fourth-order valence-corrected chi connectivity index (χ4v) is 2.32. The standard InChI is InChI=1S/C17H21NO2/c1-4-12-6-5-7-13(8-12)15-10-17(20-3)16(19-2)9-14(15)11-18/h5-10H,4,11,18H2,1-3H3. The van der Waals surface area contributed by atoms with Gasteiger partial charge in [0.25, 0.3) is 0 Å². The molecule has 0 spiro atoms. The Balaban J connectivity index is 2.59. The summed E-state index contributed by atoms with van der Waals surface area (Å²) in [5.41, 5.74) is 10.5. The maximum Gasteiger partial charge on any atom is 0.161 e. The normalized spacial score (nSPS) is 10.4. The van der Waals surface area contributed by atoms with Gasteiger partial charge in [-0.1, -0.05) is 31.2 Å². The molecule has 0 saturated carbocycles. The van der Waals surface area contributed by atoms with Crippen molar-refractivity contribution in [2.45, 2.75) is 19.9 Å². The molecule has 0 bridgehead atoms. The van der Waals surface area contributed by atoms with Crippen molar-refractivity contribution in [3.05, 3.63) is 47.5 Å². The molecule has 0 aliphatic heterocycles. The van der Waals surface area contributed by atoms with Gasteiger partial charge in [-0.25, -0.2) is 0 Å². The molecule has 3 nitrogen and oxygen atoms in total. The lowest BCUT2D eigenvalue weighted by Crippen LogP contribution is -2.01. The second kappa shape index (κ2) is 6.44. The van der Waals surface area contributed by atoms with Crippen LogP contribution < -0.4 is 15.2 Å². The van der Waals surface area contributed by atoms with Crippen molar-refractivity contribution in [3.8, 4) is 22.6 Å². The third-order valence-corrected chi connectivity index (χ3v) is 3.48. The molecule has 2 aromatic rings. The molecule has 0 atom stereocenters. The molecule has 0 aromatic heterocycles. The van der Waals surface area contributed by atoms with E-state index in [1.807, 2.05) is 12.1 Å². The average Bonchev–Trinajstić information content (AvgIpc) is 2.53. The lowest BCUT2D eigenvalue weighted by Gasteiger charge is -2.14. The third-order valence-electron chi connectivity index (χ3n) is 3.48. The molecule has 20 heavy (non-hydrogen) atoms. The third kappa shape index (κ3) is 2.78. The number of aryl methyl sites for hydroxylation is 1. The van der Waals surface area contributed by atoms with Crippen molar-refractivity contribution >= 4 is 0 Å². The van der Waals surface area contributed by atoms with Gasteiger partial charge in [0.05, 0.1) is 14.2 Å². The monoisotopic (exact) mass is 271 g/mol. The zero-order valence-electron chi connectivity index (χ0n) is 12.3. The summed E-state index contributed by atoms with van der Waals surface area (Å²) < 4.78 is 10.7. The van der Waals surface area contributed by atoms with E-state index >= 15 is 0 Å². The van der Waals surface area contributed by atoms with Gasteiger partial charge in [0.1, 0.15) is 0 Å². The van der Waals surface area contributed by atoms with Crippen molar-refractivity contribution in [2.75, 3.05) is 14.2 Å². The Bertz CT molecular complexity index is 594. The zero-order valence-corrected chi connectivity index (χ0v) is 12.3. The predicted octanol–water partition coefficient (Wildman–Crippen LogP) is 3.39. The number of benzene rings is 2. The van der Waals surface area contributed by atoms with E-state index in [9.17, 15) is 0 Å². The molecule has 0 radical (unpaired) electrons.